The summed E-state index contributed by atoms with van der Waals surface area (Å²) in [4.78, 5) is 0. The van der Waals surface area contributed by atoms with Crippen LogP contribution < -0.4 is 5.32 Å². The van der Waals surface area contributed by atoms with Crippen LogP contribution in [0.3, 0.4) is 0 Å². The molecule has 2 rings (SSSR count). The summed E-state index contributed by atoms with van der Waals surface area (Å²) in [7, 11) is 0. The molecule has 0 spiro atoms. The molecule has 1 nitrogen and oxygen atoms in total. The van der Waals surface area contributed by atoms with Gasteiger partial charge in [0.05, 0.1) is 0 Å². The maximum Gasteiger partial charge on any atom is 0.0370 e. The number of rotatable bonds is 2. The van der Waals surface area contributed by atoms with E-state index >= 15 is 0 Å². The number of allylic oxidation sites excluding steroid dienone is 4. The Kier molecular flexibility index (Phi) is 1.08. The van der Waals surface area contributed by atoms with Crippen LogP contribution in [0, 0.1) is 0 Å². The van der Waals surface area contributed by atoms with E-state index in [1.807, 2.05) is 0 Å². The molecule has 0 aromatic carbocycles. The molecule has 0 fully saturated rings. The summed E-state index contributed by atoms with van der Waals surface area (Å²) in [6.45, 7) is 0. The van der Waals surface area contributed by atoms with Crippen molar-refractivity contribution in [2.45, 2.75) is 25.7 Å². The predicted octanol–water partition coefficient (Wildman–Crippen LogP) is 1.95. The van der Waals surface area contributed by atoms with E-state index in [1.165, 1.54) is 37.1 Å². The maximum absolute atomic E-state index is 4.41. The molecule has 0 heterocycles. The first-order valence-corrected chi connectivity index (χ1v) is 3.55. The predicted molar refractivity (Wildman–Crippen MR) is 36.8 cm³/mol. The molecule has 47 valence electrons. The van der Waals surface area contributed by atoms with Gasteiger partial charge in [-0.15, -0.1) is 0 Å². The molecule has 0 bridgehead atoms. The van der Waals surface area contributed by atoms with Gasteiger partial charge in [-0.2, -0.15) is 0 Å². The molecule has 2 aliphatic rings. The molecule has 0 N–H and O–H groups in total. The fourth-order valence-electron chi connectivity index (χ4n) is 0.934. The fraction of sp³-hybridized carbons (Fsp3) is 0.500. The molecule has 0 aliphatic heterocycles. The highest BCUT2D eigenvalue weighted by atomic mass is 14.9. The van der Waals surface area contributed by atoms with Crippen molar-refractivity contribution in [2.24, 2.45) is 0 Å². The average molecular weight is 120 g/mol. The summed E-state index contributed by atoms with van der Waals surface area (Å²) in [6.07, 6.45) is 9.31. The monoisotopic (exact) mass is 120 g/mol. The van der Waals surface area contributed by atoms with Gasteiger partial charge in [0.15, 0.2) is 0 Å². The van der Waals surface area contributed by atoms with Crippen LogP contribution in [0.1, 0.15) is 25.7 Å². The lowest BCUT2D eigenvalue weighted by molar-refractivity contribution is 0.691. The van der Waals surface area contributed by atoms with E-state index in [0.29, 0.717) is 0 Å². The van der Waals surface area contributed by atoms with Crippen LogP contribution in [-0.4, -0.2) is 0 Å². The quantitative estimate of drug-likeness (QED) is 0.528. The van der Waals surface area contributed by atoms with Gasteiger partial charge in [-0.05, 0) is 25.7 Å². The van der Waals surface area contributed by atoms with Crippen LogP contribution in [0.4, 0.5) is 0 Å². The van der Waals surface area contributed by atoms with Crippen LogP contribution in [0.25, 0.3) is 0 Å². The summed E-state index contributed by atoms with van der Waals surface area (Å²) in [5.41, 5.74) is 2.61. The van der Waals surface area contributed by atoms with Crippen LogP contribution in [-0.2, 0) is 0 Å². The fourth-order valence-corrected chi connectivity index (χ4v) is 0.934. The Morgan fingerprint density at radius 3 is 1.67 bits per heavy atom. The van der Waals surface area contributed by atoms with Gasteiger partial charge in [-0.1, -0.05) is 12.2 Å². The minimum atomic E-state index is 1.21. The number of hydrogen-bond donors (Lipinski definition) is 0. The van der Waals surface area contributed by atoms with Gasteiger partial charge in [0.25, 0.3) is 0 Å². The van der Waals surface area contributed by atoms with Crippen LogP contribution in [0.2, 0.25) is 0 Å². The van der Waals surface area contributed by atoms with E-state index in [0.717, 1.165) is 0 Å². The molecule has 0 atom stereocenters. The molecule has 0 aromatic heterocycles. The van der Waals surface area contributed by atoms with Crippen molar-refractivity contribution in [1.29, 1.82) is 0 Å². The van der Waals surface area contributed by atoms with Gasteiger partial charge in [0, 0.05) is 11.4 Å². The molecule has 2 aliphatic carbocycles. The first kappa shape index (κ1) is 5.10. The molecular formula is C8H10N. The average Bonchev–Trinajstić information content (AvgIpc) is 1.57. The number of hydrogen-bond acceptors (Lipinski definition) is 0. The van der Waals surface area contributed by atoms with E-state index in [1.54, 1.807) is 0 Å². The van der Waals surface area contributed by atoms with Gasteiger partial charge < -0.3 is 0 Å². The summed E-state index contributed by atoms with van der Waals surface area (Å²) in [5.74, 6) is 0. The molecule has 0 unspecified atom stereocenters. The van der Waals surface area contributed by atoms with E-state index in [4.69, 9.17) is 0 Å². The Labute approximate surface area is 55.5 Å². The van der Waals surface area contributed by atoms with E-state index < -0.39 is 0 Å². The molecule has 0 saturated heterocycles. The second-order valence-electron chi connectivity index (χ2n) is 2.58. The van der Waals surface area contributed by atoms with Crippen molar-refractivity contribution < 1.29 is 0 Å². The van der Waals surface area contributed by atoms with E-state index in [9.17, 15) is 0 Å². The lowest BCUT2D eigenvalue weighted by Crippen LogP contribution is -2.12. The Morgan fingerprint density at radius 1 is 1.00 bits per heavy atom. The Morgan fingerprint density at radius 2 is 1.44 bits per heavy atom. The molecule has 1 radical (unpaired) electrons. The highest BCUT2D eigenvalue weighted by molar-refractivity contribution is 5.20. The van der Waals surface area contributed by atoms with Crippen molar-refractivity contribution in [2.75, 3.05) is 0 Å². The third kappa shape index (κ3) is 0.869. The molecule has 9 heavy (non-hydrogen) atoms. The van der Waals surface area contributed by atoms with Gasteiger partial charge >= 0.3 is 0 Å². The SMILES string of the molecule is C1=C([N]C2=CCC2)CC1. The van der Waals surface area contributed by atoms with Crippen molar-refractivity contribution in [3.8, 4) is 0 Å². The van der Waals surface area contributed by atoms with Crippen LogP contribution in [0.5, 0.6) is 0 Å². The van der Waals surface area contributed by atoms with Gasteiger partial charge in [-0.25, -0.2) is 0 Å². The van der Waals surface area contributed by atoms with Crippen LogP contribution in [0.15, 0.2) is 23.5 Å². The standard InChI is InChI=1S/C8H10N/c1-3-7(4-1)9-8-5-2-6-8/h3,5H,1-2,4,6H2. The van der Waals surface area contributed by atoms with E-state index in [-0.39, 0.29) is 0 Å². The first-order valence-electron chi connectivity index (χ1n) is 3.55. The maximum atomic E-state index is 4.41. The smallest absolute Gasteiger partial charge is 0.0370 e. The van der Waals surface area contributed by atoms with Crippen molar-refractivity contribution >= 4 is 0 Å². The van der Waals surface area contributed by atoms with Gasteiger partial charge in [0.1, 0.15) is 0 Å². The lowest BCUT2D eigenvalue weighted by atomic mass is 10.0. The first-order chi connectivity index (χ1) is 4.45. The zero-order valence-corrected chi connectivity index (χ0v) is 5.43. The molecular weight excluding hydrogens is 110 g/mol. The van der Waals surface area contributed by atoms with Crippen molar-refractivity contribution in [3.63, 3.8) is 0 Å². The molecule has 0 amide bonds. The number of nitrogens with zero attached hydrogens (tertiary/aromatic N) is 1. The van der Waals surface area contributed by atoms with Crippen molar-refractivity contribution in [1.82, 2.24) is 5.32 Å². The second kappa shape index (κ2) is 1.90. The largest absolute Gasteiger partial charge is 0.259 e. The topological polar surface area (TPSA) is 14.1 Å². The van der Waals surface area contributed by atoms with Gasteiger partial charge in [-0.3, -0.25) is 5.32 Å². The zero-order valence-electron chi connectivity index (χ0n) is 5.43. The second-order valence-corrected chi connectivity index (χ2v) is 2.58. The Hall–Kier alpha value is -0.720. The zero-order chi connectivity index (χ0) is 6.10. The summed E-state index contributed by atoms with van der Waals surface area (Å²) >= 11 is 0. The van der Waals surface area contributed by atoms with E-state index in [2.05, 4.69) is 17.5 Å². The Balaban J connectivity index is 1.89. The molecule has 0 aromatic rings. The minimum Gasteiger partial charge on any atom is -0.259 e. The summed E-state index contributed by atoms with van der Waals surface area (Å²) in [5, 5.41) is 4.41. The normalized spacial score (nSPS) is 23.1. The Bertz CT molecular complexity index is 157. The summed E-state index contributed by atoms with van der Waals surface area (Å²) in [6, 6.07) is 0. The van der Waals surface area contributed by atoms with Crippen LogP contribution >= 0.6 is 0 Å². The molecule has 1 heteroatoms. The minimum absolute atomic E-state index is 1.21. The van der Waals surface area contributed by atoms with Gasteiger partial charge in [0.2, 0.25) is 0 Å². The van der Waals surface area contributed by atoms with Crippen molar-refractivity contribution in [3.05, 3.63) is 23.5 Å². The lowest BCUT2D eigenvalue weighted by Gasteiger charge is -2.19. The summed E-state index contributed by atoms with van der Waals surface area (Å²) < 4.78 is 0. The molecule has 0 saturated carbocycles. The highest BCUT2D eigenvalue weighted by Gasteiger charge is 2.12. The third-order valence-electron chi connectivity index (χ3n) is 1.85. The third-order valence-corrected chi connectivity index (χ3v) is 1.85. The highest BCUT2D eigenvalue weighted by Crippen LogP contribution is 2.23.